The Morgan fingerprint density at radius 3 is 2.70 bits per heavy atom. The molecule has 1 N–H and O–H groups in total. The predicted molar refractivity (Wildman–Crippen MR) is 80.4 cm³/mol. The van der Waals surface area contributed by atoms with Gasteiger partial charge < -0.3 is 4.74 Å². The third kappa shape index (κ3) is 3.50. The van der Waals surface area contributed by atoms with Crippen LogP contribution in [0.25, 0.3) is 0 Å². The molecule has 0 unspecified atom stereocenters. The highest BCUT2D eigenvalue weighted by Gasteiger charge is 2.19. The predicted octanol–water partition coefficient (Wildman–Crippen LogP) is 3.85. The first-order valence-electron chi connectivity index (χ1n) is 5.63. The van der Waals surface area contributed by atoms with Crippen molar-refractivity contribution in [2.75, 3.05) is 11.3 Å². The highest BCUT2D eigenvalue weighted by molar-refractivity contribution is 9.11. The van der Waals surface area contributed by atoms with Crippen molar-refractivity contribution in [3.63, 3.8) is 0 Å². The summed E-state index contributed by atoms with van der Waals surface area (Å²) in [6.45, 7) is 2.04. The minimum atomic E-state index is -3.71. The molecular weight excluding hydrogens is 369 g/mol. The Morgan fingerprint density at radius 1 is 1.35 bits per heavy atom. The van der Waals surface area contributed by atoms with E-state index in [1.807, 2.05) is 0 Å². The van der Waals surface area contributed by atoms with Gasteiger partial charge in [-0.2, -0.15) is 0 Å². The van der Waals surface area contributed by atoms with Gasteiger partial charge in [-0.15, -0.1) is 11.3 Å². The lowest BCUT2D eigenvalue weighted by Gasteiger charge is -2.12. The fourth-order valence-corrected chi connectivity index (χ4v) is 4.57. The maximum atomic E-state index is 13.2. The van der Waals surface area contributed by atoms with Crippen LogP contribution in [0, 0.1) is 5.82 Å². The van der Waals surface area contributed by atoms with E-state index in [0.717, 1.165) is 17.4 Å². The minimum Gasteiger partial charge on any atom is -0.492 e. The molecule has 0 aliphatic rings. The molecule has 108 valence electrons. The molecule has 0 aliphatic carbocycles. The molecule has 0 atom stereocenters. The molecule has 0 radical (unpaired) electrons. The van der Waals surface area contributed by atoms with E-state index >= 15 is 0 Å². The van der Waals surface area contributed by atoms with Crippen molar-refractivity contribution in [1.29, 1.82) is 0 Å². The number of thiophene rings is 1. The van der Waals surface area contributed by atoms with Crippen molar-refractivity contribution in [1.82, 2.24) is 0 Å². The number of nitrogens with one attached hydrogen (secondary N) is 1. The summed E-state index contributed by atoms with van der Waals surface area (Å²) in [5.41, 5.74) is 0.206. The van der Waals surface area contributed by atoms with Gasteiger partial charge in [-0.25, -0.2) is 12.8 Å². The molecular formula is C12H11BrFNO3S2. The second-order valence-electron chi connectivity index (χ2n) is 3.74. The minimum absolute atomic E-state index is 0.159. The number of halogens is 2. The van der Waals surface area contributed by atoms with Crippen LogP contribution in [-0.2, 0) is 10.0 Å². The van der Waals surface area contributed by atoms with Crippen LogP contribution in [0.1, 0.15) is 6.92 Å². The Labute approximate surface area is 128 Å². The third-order valence-electron chi connectivity index (χ3n) is 2.30. The summed E-state index contributed by atoms with van der Waals surface area (Å²) in [7, 11) is -3.71. The first-order valence-corrected chi connectivity index (χ1v) is 8.72. The van der Waals surface area contributed by atoms with Crippen LogP contribution in [0.5, 0.6) is 5.75 Å². The van der Waals surface area contributed by atoms with Crippen molar-refractivity contribution in [3.05, 3.63) is 39.9 Å². The summed E-state index contributed by atoms with van der Waals surface area (Å²) in [5, 5.41) is 0. The summed E-state index contributed by atoms with van der Waals surface area (Å²) in [5.74, 6) is -0.332. The number of benzene rings is 1. The molecule has 1 aromatic heterocycles. The van der Waals surface area contributed by atoms with E-state index in [4.69, 9.17) is 4.74 Å². The van der Waals surface area contributed by atoms with Gasteiger partial charge in [0.2, 0.25) is 0 Å². The fourth-order valence-electron chi connectivity index (χ4n) is 1.49. The van der Waals surface area contributed by atoms with Gasteiger partial charge in [0, 0.05) is 6.07 Å². The normalized spacial score (nSPS) is 11.3. The number of rotatable bonds is 5. The zero-order chi connectivity index (χ0) is 14.8. The molecule has 1 aromatic carbocycles. The van der Waals surface area contributed by atoms with Crippen LogP contribution in [0.4, 0.5) is 10.1 Å². The van der Waals surface area contributed by atoms with Gasteiger partial charge in [0.15, 0.2) is 0 Å². The van der Waals surface area contributed by atoms with Gasteiger partial charge >= 0.3 is 0 Å². The average Bonchev–Trinajstić information content (AvgIpc) is 2.80. The Kier molecular flexibility index (Phi) is 4.66. The van der Waals surface area contributed by atoms with E-state index in [-0.39, 0.29) is 15.6 Å². The van der Waals surface area contributed by atoms with Crippen LogP contribution >= 0.6 is 27.3 Å². The molecule has 20 heavy (non-hydrogen) atoms. The zero-order valence-electron chi connectivity index (χ0n) is 10.4. The molecule has 0 fully saturated rings. The lowest BCUT2D eigenvalue weighted by molar-refractivity contribution is 0.340. The lowest BCUT2D eigenvalue weighted by Crippen LogP contribution is -2.12. The van der Waals surface area contributed by atoms with Crippen molar-refractivity contribution < 1.29 is 17.5 Å². The largest absolute Gasteiger partial charge is 0.492 e. The molecule has 0 amide bonds. The van der Waals surface area contributed by atoms with Gasteiger partial charge in [0.05, 0.1) is 16.1 Å². The van der Waals surface area contributed by atoms with Crippen LogP contribution in [0.3, 0.4) is 0 Å². The maximum absolute atomic E-state index is 13.2. The Balaban J connectivity index is 2.34. The molecule has 0 spiro atoms. The quantitative estimate of drug-likeness (QED) is 0.858. The summed E-state index contributed by atoms with van der Waals surface area (Å²) >= 11 is 4.30. The SMILES string of the molecule is CCOc1cc(F)ccc1NS(=O)(=O)c1ccc(Br)s1. The molecule has 4 nitrogen and oxygen atoms in total. The van der Waals surface area contributed by atoms with E-state index in [1.54, 1.807) is 13.0 Å². The molecule has 1 heterocycles. The first-order chi connectivity index (χ1) is 9.42. The molecule has 8 heteroatoms. The topological polar surface area (TPSA) is 55.4 Å². The average molecular weight is 380 g/mol. The summed E-state index contributed by atoms with van der Waals surface area (Å²) in [6.07, 6.45) is 0. The van der Waals surface area contributed by atoms with Crippen molar-refractivity contribution in [2.24, 2.45) is 0 Å². The van der Waals surface area contributed by atoms with Crippen molar-refractivity contribution >= 4 is 43.0 Å². The number of ether oxygens (including phenoxy) is 1. The van der Waals surface area contributed by atoms with Crippen molar-refractivity contribution in [2.45, 2.75) is 11.1 Å². The van der Waals surface area contributed by atoms with E-state index < -0.39 is 15.8 Å². The Hall–Kier alpha value is -1.12. The highest BCUT2D eigenvalue weighted by atomic mass is 79.9. The van der Waals surface area contributed by atoms with E-state index in [0.29, 0.717) is 10.4 Å². The molecule has 0 bridgehead atoms. The number of anilines is 1. The summed E-state index contributed by atoms with van der Waals surface area (Å²) < 4.78 is 46.0. The molecule has 0 aliphatic heterocycles. The molecule has 2 aromatic rings. The van der Waals surface area contributed by atoms with Crippen LogP contribution in [0.15, 0.2) is 38.3 Å². The van der Waals surface area contributed by atoms with Gasteiger partial charge in [0.25, 0.3) is 10.0 Å². The third-order valence-corrected chi connectivity index (χ3v) is 5.78. The fraction of sp³-hybridized carbons (Fsp3) is 0.167. The first kappa shape index (κ1) is 15.3. The van der Waals surface area contributed by atoms with Gasteiger partial charge in [-0.3, -0.25) is 4.72 Å². The number of hydrogen-bond acceptors (Lipinski definition) is 4. The zero-order valence-corrected chi connectivity index (χ0v) is 13.6. The van der Waals surface area contributed by atoms with Crippen molar-refractivity contribution in [3.8, 4) is 5.75 Å². The smallest absolute Gasteiger partial charge is 0.271 e. The molecule has 0 saturated carbocycles. The van der Waals surface area contributed by atoms with Crippen LogP contribution in [-0.4, -0.2) is 15.0 Å². The Morgan fingerprint density at radius 2 is 2.10 bits per heavy atom. The second kappa shape index (κ2) is 6.11. The number of sulfonamides is 1. The van der Waals surface area contributed by atoms with Gasteiger partial charge in [-0.05, 0) is 47.1 Å². The maximum Gasteiger partial charge on any atom is 0.271 e. The van der Waals surface area contributed by atoms with E-state index in [9.17, 15) is 12.8 Å². The van der Waals surface area contributed by atoms with E-state index in [1.165, 1.54) is 18.2 Å². The Bertz CT molecular complexity index is 715. The second-order valence-corrected chi connectivity index (χ2v) is 8.11. The lowest BCUT2D eigenvalue weighted by atomic mass is 10.3. The standard InChI is InChI=1S/C12H11BrFNO3S2/c1-2-18-10-7-8(14)3-4-9(10)15-20(16,17)12-6-5-11(13)19-12/h3-7,15H,2H2,1H3. The molecule has 0 saturated heterocycles. The monoisotopic (exact) mass is 379 g/mol. The highest BCUT2D eigenvalue weighted by Crippen LogP contribution is 2.31. The summed E-state index contributed by atoms with van der Waals surface area (Å²) in [4.78, 5) is 0. The van der Waals surface area contributed by atoms with Crippen LogP contribution < -0.4 is 9.46 Å². The van der Waals surface area contributed by atoms with E-state index in [2.05, 4.69) is 20.7 Å². The summed E-state index contributed by atoms with van der Waals surface area (Å²) in [6, 6.07) is 6.78. The van der Waals surface area contributed by atoms with Crippen LogP contribution in [0.2, 0.25) is 0 Å². The molecule has 2 rings (SSSR count). The van der Waals surface area contributed by atoms with Gasteiger partial charge in [0.1, 0.15) is 15.8 Å². The van der Waals surface area contributed by atoms with Gasteiger partial charge in [-0.1, -0.05) is 0 Å². The number of hydrogen-bond donors (Lipinski definition) is 1.